The molecule has 0 radical (unpaired) electrons. The quantitative estimate of drug-likeness (QED) is 0.513. The van der Waals surface area contributed by atoms with E-state index >= 15 is 0 Å². The average Bonchev–Trinajstić information content (AvgIpc) is 2.14. The molecule has 5 nitrogen and oxygen atoms in total. The van der Waals surface area contributed by atoms with Gasteiger partial charge in [0.05, 0.1) is 12.4 Å². The number of amidine groups is 1. The number of nitrogens with zero attached hydrogens (tertiary/aromatic N) is 1. The topological polar surface area (TPSA) is 102 Å². The van der Waals surface area contributed by atoms with Crippen molar-refractivity contribution in [1.82, 2.24) is 0 Å². The monoisotopic (exact) mass is 303 g/mol. The number of aliphatic carboxylic acids is 1. The molecular formula is C10H20Cl2FN3O2. The zero-order valence-corrected chi connectivity index (χ0v) is 12.0. The lowest BCUT2D eigenvalue weighted by Crippen LogP contribution is -2.44. The second-order valence-electron chi connectivity index (χ2n) is 3.87. The van der Waals surface area contributed by atoms with Crippen LogP contribution >= 0.6 is 24.8 Å². The molecule has 0 aliphatic carbocycles. The summed E-state index contributed by atoms with van der Waals surface area (Å²) in [5.41, 5.74) is 9.38. The first-order valence-electron chi connectivity index (χ1n) is 4.89. The minimum atomic E-state index is -1.33. The van der Waals surface area contributed by atoms with Crippen molar-refractivity contribution in [1.29, 1.82) is 0 Å². The SMILES string of the molecule is CC(N)=NC/C(F)=C/CCC(C)(N)C(=O)O.Cl.Cl. The molecule has 1 atom stereocenters. The van der Waals surface area contributed by atoms with E-state index in [-0.39, 0.29) is 44.2 Å². The van der Waals surface area contributed by atoms with E-state index in [1.807, 2.05) is 0 Å². The molecule has 0 saturated carbocycles. The summed E-state index contributed by atoms with van der Waals surface area (Å²) in [6.45, 7) is 2.84. The fourth-order valence-electron chi connectivity index (χ4n) is 0.900. The van der Waals surface area contributed by atoms with Crippen molar-refractivity contribution in [3.05, 3.63) is 11.9 Å². The molecule has 0 fully saturated rings. The third-order valence-electron chi connectivity index (χ3n) is 2.00. The number of nitrogens with two attached hydrogens (primary N) is 2. The summed E-state index contributed by atoms with van der Waals surface area (Å²) in [6.07, 6.45) is 1.70. The van der Waals surface area contributed by atoms with Gasteiger partial charge in [-0.05, 0) is 26.7 Å². The van der Waals surface area contributed by atoms with Gasteiger partial charge in [0.1, 0.15) is 11.4 Å². The van der Waals surface area contributed by atoms with E-state index in [1.54, 1.807) is 6.92 Å². The molecule has 0 aliphatic rings. The number of hydrogen-bond donors (Lipinski definition) is 3. The van der Waals surface area contributed by atoms with Crippen LogP contribution in [0.1, 0.15) is 26.7 Å². The van der Waals surface area contributed by atoms with Gasteiger partial charge in [-0.25, -0.2) is 4.39 Å². The number of aliphatic imine (C=N–C) groups is 1. The van der Waals surface area contributed by atoms with Gasteiger partial charge >= 0.3 is 5.97 Å². The minimum absolute atomic E-state index is 0. The second-order valence-corrected chi connectivity index (χ2v) is 3.87. The van der Waals surface area contributed by atoms with E-state index < -0.39 is 17.3 Å². The summed E-state index contributed by atoms with van der Waals surface area (Å²) in [7, 11) is 0. The van der Waals surface area contributed by atoms with Crippen molar-refractivity contribution < 1.29 is 14.3 Å². The van der Waals surface area contributed by atoms with Crippen molar-refractivity contribution in [3.63, 3.8) is 0 Å². The Bertz CT molecular complexity index is 316. The molecule has 108 valence electrons. The summed E-state index contributed by atoms with van der Waals surface area (Å²) >= 11 is 0. The van der Waals surface area contributed by atoms with E-state index in [0.717, 1.165) is 0 Å². The van der Waals surface area contributed by atoms with Gasteiger partial charge in [-0.3, -0.25) is 9.79 Å². The van der Waals surface area contributed by atoms with Gasteiger partial charge in [-0.15, -0.1) is 24.8 Å². The molecule has 0 rings (SSSR count). The number of carbonyl (C=O) groups is 1. The Balaban J connectivity index is -0.00000112. The second kappa shape index (κ2) is 10.1. The van der Waals surface area contributed by atoms with Crippen LogP contribution in [-0.2, 0) is 4.79 Å². The molecule has 0 aromatic heterocycles. The van der Waals surface area contributed by atoms with Crippen LogP contribution in [-0.4, -0.2) is 29.0 Å². The maximum absolute atomic E-state index is 13.0. The molecular weight excluding hydrogens is 284 g/mol. The highest BCUT2D eigenvalue weighted by atomic mass is 35.5. The highest BCUT2D eigenvalue weighted by molar-refractivity contribution is 5.85. The molecule has 0 aromatic carbocycles. The zero-order valence-electron chi connectivity index (χ0n) is 10.4. The summed E-state index contributed by atoms with van der Waals surface area (Å²) in [5.74, 6) is -1.24. The Hall–Kier alpha value is -0.850. The van der Waals surface area contributed by atoms with Gasteiger partial charge in [0, 0.05) is 0 Å². The van der Waals surface area contributed by atoms with E-state index in [9.17, 15) is 9.18 Å². The molecule has 0 amide bonds. The van der Waals surface area contributed by atoms with Gasteiger partial charge in [0.15, 0.2) is 0 Å². The third-order valence-corrected chi connectivity index (χ3v) is 2.00. The molecule has 8 heteroatoms. The lowest BCUT2D eigenvalue weighted by Gasteiger charge is -2.17. The normalized spacial score (nSPS) is 15.1. The number of carboxylic acids is 1. The molecule has 0 aromatic rings. The number of carboxylic acid groups (broad SMARTS) is 1. The number of hydrogen-bond acceptors (Lipinski definition) is 3. The molecule has 0 aliphatic heterocycles. The summed E-state index contributed by atoms with van der Waals surface area (Å²) in [5, 5.41) is 8.70. The average molecular weight is 304 g/mol. The first-order chi connectivity index (χ1) is 7.25. The van der Waals surface area contributed by atoms with Crippen molar-refractivity contribution in [3.8, 4) is 0 Å². The van der Waals surface area contributed by atoms with Gasteiger partial charge < -0.3 is 16.6 Å². The van der Waals surface area contributed by atoms with E-state index in [4.69, 9.17) is 16.6 Å². The summed E-state index contributed by atoms with van der Waals surface area (Å²) in [4.78, 5) is 14.3. The van der Waals surface area contributed by atoms with Crippen LogP contribution in [0.5, 0.6) is 0 Å². The maximum atomic E-state index is 13.0. The first kappa shape index (κ1) is 22.3. The highest BCUT2D eigenvalue weighted by Gasteiger charge is 2.26. The molecule has 0 heterocycles. The van der Waals surface area contributed by atoms with Gasteiger partial charge in [-0.1, -0.05) is 6.08 Å². The van der Waals surface area contributed by atoms with E-state index in [0.29, 0.717) is 5.84 Å². The third kappa shape index (κ3) is 10.3. The van der Waals surface area contributed by atoms with Gasteiger partial charge in [-0.2, -0.15) is 0 Å². The van der Waals surface area contributed by atoms with Crippen LogP contribution < -0.4 is 11.5 Å². The number of allylic oxidation sites excluding steroid dienone is 1. The number of halogens is 3. The van der Waals surface area contributed by atoms with Crippen LogP contribution in [0, 0.1) is 0 Å². The molecule has 0 saturated heterocycles. The van der Waals surface area contributed by atoms with Crippen LogP contribution in [0.3, 0.4) is 0 Å². The van der Waals surface area contributed by atoms with Crippen molar-refractivity contribution in [2.45, 2.75) is 32.2 Å². The van der Waals surface area contributed by atoms with Crippen molar-refractivity contribution in [2.75, 3.05) is 6.54 Å². The van der Waals surface area contributed by atoms with Crippen LogP contribution in [0.25, 0.3) is 0 Å². The minimum Gasteiger partial charge on any atom is -0.480 e. The Morgan fingerprint density at radius 1 is 1.50 bits per heavy atom. The van der Waals surface area contributed by atoms with Crippen molar-refractivity contribution >= 4 is 36.6 Å². The smallest absolute Gasteiger partial charge is 0.323 e. The molecule has 18 heavy (non-hydrogen) atoms. The molecule has 5 N–H and O–H groups in total. The fraction of sp³-hybridized carbons (Fsp3) is 0.600. The fourth-order valence-corrected chi connectivity index (χ4v) is 0.900. The predicted molar refractivity (Wildman–Crippen MR) is 75.3 cm³/mol. The Labute approximate surface area is 118 Å². The molecule has 0 spiro atoms. The zero-order chi connectivity index (χ0) is 12.8. The Morgan fingerprint density at radius 3 is 2.39 bits per heavy atom. The van der Waals surface area contributed by atoms with Gasteiger partial charge in [0.2, 0.25) is 0 Å². The Kier molecular flexibility index (Phi) is 12.5. The first-order valence-corrected chi connectivity index (χ1v) is 4.89. The lowest BCUT2D eigenvalue weighted by atomic mass is 9.97. The van der Waals surface area contributed by atoms with Crippen LogP contribution in [0.4, 0.5) is 4.39 Å². The summed E-state index contributed by atoms with van der Waals surface area (Å²) < 4.78 is 13.0. The van der Waals surface area contributed by atoms with Crippen molar-refractivity contribution in [2.24, 2.45) is 16.5 Å². The van der Waals surface area contributed by atoms with Crippen LogP contribution in [0.15, 0.2) is 16.9 Å². The van der Waals surface area contributed by atoms with E-state index in [2.05, 4.69) is 4.99 Å². The maximum Gasteiger partial charge on any atom is 0.323 e. The highest BCUT2D eigenvalue weighted by Crippen LogP contribution is 2.11. The van der Waals surface area contributed by atoms with Crippen LogP contribution in [0.2, 0.25) is 0 Å². The number of rotatable bonds is 6. The molecule has 0 bridgehead atoms. The molecule has 1 unspecified atom stereocenters. The standard InChI is InChI=1S/C10H18FN3O2.2ClH/c1-7(12)14-6-8(11)4-3-5-10(2,13)9(15)16;;/h4H,3,5-6,13H2,1-2H3,(H2,12,14)(H,15,16);2*1H/b8-4-;;. The van der Waals surface area contributed by atoms with Gasteiger partial charge in [0.25, 0.3) is 0 Å². The van der Waals surface area contributed by atoms with E-state index in [1.165, 1.54) is 13.0 Å². The predicted octanol–water partition coefficient (Wildman–Crippen LogP) is 1.64. The summed E-state index contributed by atoms with van der Waals surface area (Å²) in [6, 6.07) is 0. The largest absolute Gasteiger partial charge is 0.480 e. The lowest BCUT2D eigenvalue weighted by molar-refractivity contribution is -0.142. The Morgan fingerprint density at radius 2 is 2.00 bits per heavy atom.